The fourth-order valence-corrected chi connectivity index (χ4v) is 3.48. The number of nitrogens with one attached hydrogen (secondary N) is 1. The molecule has 0 unspecified atom stereocenters. The first-order valence-corrected chi connectivity index (χ1v) is 10.2. The Morgan fingerprint density at radius 1 is 1.28 bits per heavy atom. The molecule has 29 heavy (non-hydrogen) atoms. The number of anilines is 1. The highest BCUT2D eigenvalue weighted by atomic mass is 35.5. The van der Waals surface area contributed by atoms with Gasteiger partial charge in [-0.1, -0.05) is 42.0 Å². The van der Waals surface area contributed by atoms with E-state index in [1.165, 1.54) is 5.37 Å². The van der Waals surface area contributed by atoms with E-state index in [1.54, 1.807) is 20.1 Å². The lowest BCUT2D eigenvalue weighted by Gasteiger charge is -2.27. The summed E-state index contributed by atoms with van der Waals surface area (Å²) in [7, 11) is 3.45. The Morgan fingerprint density at radius 3 is 2.66 bits per heavy atom. The molecule has 0 amide bonds. The number of carbonyl (C=O) groups excluding carboxylic acids is 1. The molecule has 7 heteroatoms. The molecule has 0 aromatic heterocycles. The fraction of sp³-hybridized carbons (Fsp3) is 0.364. The number of esters is 1. The molecule has 0 fully saturated rings. The van der Waals surface area contributed by atoms with E-state index in [9.17, 15) is 4.79 Å². The van der Waals surface area contributed by atoms with Crippen molar-refractivity contribution >= 4 is 40.8 Å². The van der Waals surface area contributed by atoms with Gasteiger partial charge >= 0.3 is 5.97 Å². The summed E-state index contributed by atoms with van der Waals surface area (Å²) in [5.41, 5.74) is 3.45. The number of hydrogen-bond donors (Lipinski definition) is 1. The average Bonchev–Trinajstić information content (AvgIpc) is 2.71. The van der Waals surface area contributed by atoms with Crippen LogP contribution in [0.5, 0.6) is 5.75 Å². The quantitative estimate of drug-likeness (QED) is 0.412. The number of rotatable bonds is 10. The summed E-state index contributed by atoms with van der Waals surface area (Å²) < 4.78 is 17.1. The molecule has 0 aliphatic carbocycles. The Kier molecular flexibility index (Phi) is 8.89. The fourth-order valence-electron chi connectivity index (χ4n) is 3.14. The van der Waals surface area contributed by atoms with Gasteiger partial charge in [0.2, 0.25) is 0 Å². The van der Waals surface area contributed by atoms with Gasteiger partial charge in [0.15, 0.2) is 0 Å². The molecule has 1 N–H and O–H groups in total. The number of benzene rings is 2. The van der Waals surface area contributed by atoms with Crippen LogP contribution in [0.25, 0.3) is 0 Å². The van der Waals surface area contributed by atoms with Gasteiger partial charge in [-0.15, -0.1) is 0 Å². The molecule has 2 aromatic rings. The lowest BCUT2D eigenvalue weighted by atomic mass is 9.96. The van der Waals surface area contributed by atoms with Crippen LogP contribution >= 0.6 is 23.8 Å². The van der Waals surface area contributed by atoms with Crippen LogP contribution in [0, 0.1) is 6.92 Å². The van der Waals surface area contributed by atoms with Crippen LogP contribution in [0.2, 0.25) is 5.02 Å². The Hall–Kier alpha value is -2.15. The lowest BCUT2D eigenvalue weighted by Crippen LogP contribution is -2.24. The highest BCUT2D eigenvalue weighted by Gasteiger charge is 2.27. The third-order valence-corrected chi connectivity index (χ3v) is 4.97. The second-order valence-electron chi connectivity index (χ2n) is 6.38. The number of methoxy groups -OCH3 is 1. The summed E-state index contributed by atoms with van der Waals surface area (Å²) in [6, 6.07) is 11.4. The molecule has 0 spiro atoms. The largest absolute Gasteiger partial charge is 0.496 e. The van der Waals surface area contributed by atoms with Crippen molar-refractivity contribution in [2.24, 2.45) is 0 Å². The van der Waals surface area contributed by atoms with Crippen molar-refractivity contribution in [3.63, 3.8) is 0 Å². The monoisotopic (exact) mass is 435 g/mol. The first kappa shape index (κ1) is 23.1. The Bertz CT molecular complexity index is 857. The zero-order valence-electron chi connectivity index (χ0n) is 17.0. The maximum absolute atomic E-state index is 12.0. The Balaban J connectivity index is 2.55. The molecule has 0 aliphatic rings. The van der Waals surface area contributed by atoms with Crippen LogP contribution in [0.1, 0.15) is 36.1 Å². The van der Waals surface area contributed by atoms with Gasteiger partial charge in [0.05, 0.1) is 26.2 Å². The van der Waals surface area contributed by atoms with Crippen LogP contribution in [0.15, 0.2) is 36.4 Å². The van der Waals surface area contributed by atoms with Gasteiger partial charge < -0.3 is 19.5 Å². The Morgan fingerprint density at radius 2 is 2.03 bits per heavy atom. The van der Waals surface area contributed by atoms with Gasteiger partial charge in [-0.2, -0.15) is 0 Å². The van der Waals surface area contributed by atoms with Crippen molar-refractivity contribution in [3.05, 3.63) is 58.1 Å². The minimum atomic E-state index is -0.622. The van der Waals surface area contributed by atoms with E-state index >= 15 is 0 Å². The second kappa shape index (κ2) is 11.1. The van der Waals surface area contributed by atoms with Crippen molar-refractivity contribution in [2.45, 2.75) is 32.5 Å². The molecular weight excluding hydrogens is 410 g/mol. The minimum absolute atomic E-state index is 0.0252. The van der Waals surface area contributed by atoms with Gasteiger partial charge in [-0.05, 0) is 37.6 Å². The normalized spacial score (nSPS) is 12.7. The number of halogens is 1. The van der Waals surface area contributed by atoms with Gasteiger partial charge in [-0.3, -0.25) is 4.79 Å². The Labute approximate surface area is 182 Å². The SMILES string of the molecule is CCOC(=O)C[C@H](C=S)O[C@@H](c1cc(Cl)ccc1NC)c1cccc(C)c1OC. The molecule has 156 valence electrons. The van der Waals surface area contributed by atoms with Gasteiger partial charge in [-0.25, -0.2) is 0 Å². The highest BCUT2D eigenvalue weighted by molar-refractivity contribution is 7.79. The molecule has 0 bridgehead atoms. The third kappa shape index (κ3) is 5.92. The summed E-state index contributed by atoms with van der Waals surface area (Å²) >= 11 is 11.4. The molecule has 2 rings (SSSR count). The van der Waals surface area contributed by atoms with E-state index in [1.807, 2.05) is 44.3 Å². The summed E-state index contributed by atoms with van der Waals surface area (Å²) in [6.45, 7) is 4.03. The number of thiocarbonyl (C=S) groups is 1. The zero-order valence-corrected chi connectivity index (χ0v) is 18.6. The van der Waals surface area contributed by atoms with E-state index in [2.05, 4.69) is 5.32 Å². The lowest BCUT2D eigenvalue weighted by molar-refractivity contribution is -0.145. The highest BCUT2D eigenvalue weighted by Crippen LogP contribution is 2.39. The average molecular weight is 436 g/mol. The molecule has 2 aromatic carbocycles. The number of ether oxygens (including phenoxy) is 3. The summed E-state index contributed by atoms with van der Waals surface area (Å²) in [5.74, 6) is 0.340. The minimum Gasteiger partial charge on any atom is -0.496 e. The molecule has 0 aliphatic heterocycles. The molecule has 2 atom stereocenters. The van der Waals surface area contributed by atoms with Crippen molar-refractivity contribution in [1.29, 1.82) is 0 Å². The van der Waals surface area contributed by atoms with Gasteiger partial charge in [0, 0.05) is 34.3 Å². The first-order valence-electron chi connectivity index (χ1n) is 9.32. The maximum atomic E-state index is 12.0. The van der Waals surface area contributed by atoms with Crippen LogP contribution in [0.4, 0.5) is 5.69 Å². The number of para-hydroxylation sites is 1. The predicted octanol–water partition coefficient (Wildman–Crippen LogP) is 5.13. The first-order chi connectivity index (χ1) is 13.9. The number of aryl methyl sites for hydroxylation is 1. The van der Waals surface area contributed by atoms with Crippen LogP contribution < -0.4 is 10.1 Å². The van der Waals surface area contributed by atoms with E-state index in [0.29, 0.717) is 17.4 Å². The topological polar surface area (TPSA) is 56.8 Å². The summed E-state index contributed by atoms with van der Waals surface area (Å²) in [5, 5.41) is 5.18. The van der Waals surface area contributed by atoms with E-state index < -0.39 is 12.2 Å². The standard InChI is InChI=1S/C22H26ClNO4S/c1-5-27-20(25)12-16(13-29)28-22(17-8-6-7-14(2)21(17)26-4)18-11-15(23)9-10-19(18)24-3/h6-11,13,16,22,24H,5,12H2,1-4H3/t16-,22-/m1/s1. The predicted molar refractivity (Wildman–Crippen MR) is 120 cm³/mol. The molecule has 0 heterocycles. The van der Waals surface area contributed by atoms with Crippen molar-refractivity contribution < 1.29 is 19.0 Å². The van der Waals surface area contributed by atoms with E-state index in [0.717, 1.165) is 22.4 Å². The zero-order chi connectivity index (χ0) is 21.4. The van der Waals surface area contributed by atoms with Crippen LogP contribution in [-0.4, -0.2) is 38.2 Å². The number of hydrogen-bond acceptors (Lipinski definition) is 6. The van der Waals surface area contributed by atoms with Crippen molar-refractivity contribution in [3.8, 4) is 5.75 Å². The molecule has 0 radical (unpaired) electrons. The summed E-state index contributed by atoms with van der Waals surface area (Å²) in [6.07, 6.45) is -1.16. The van der Waals surface area contributed by atoms with Crippen molar-refractivity contribution in [2.75, 3.05) is 26.1 Å². The second-order valence-corrected chi connectivity index (χ2v) is 7.09. The maximum Gasteiger partial charge on any atom is 0.308 e. The van der Waals surface area contributed by atoms with Crippen molar-refractivity contribution in [1.82, 2.24) is 0 Å². The van der Waals surface area contributed by atoms with E-state index in [-0.39, 0.29) is 12.4 Å². The molecule has 0 saturated heterocycles. The number of carbonyl (C=O) groups is 1. The van der Waals surface area contributed by atoms with Crippen LogP contribution in [-0.2, 0) is 14.3 Å². The van der Waals surface area contributed by atoms with E-state index in [4.69, 9.17) is 38.0 Å². The van der Waals surface area contributed by atoms with Gasteiger partial charge in [0.25, 0.3) is 0 Å². The molecule has 5 nitrogen and oxygen atoms in total. The summed E-state index contributed by atoms with van der Waals surface area (Å²) in [4.78, 5) is 12.0. The van der Waals surface area contributed by atoms with Gasteiger partial charge in [0.1, 0.15) is 11.9 Å². The molecular formula is C22H26ClNO4S. The smallest absolute Gasteiger partial charge is 0.308 e. The third-order valence-electron chi connectivity index (χ3n) is 4.43. The molecule has 0 saturated carbocycles. The van der Waals surface area contributed by atoms with Crippen LogP contribution in [0.3, 0.4) is 0 Å².